The fourth-order valence-electron chi connectivity index (χ4n) is 3.03. The third-order valence-electron chi connectivity index (χ3n) is 4.56. The highest BCUT2D eigenvalue weighted by Crippen LogP contribution is 2.34. The van der Waals surface area contributed by atoms with Crippen LogP contribution >= 0.6 is 0 Å². The number of esters is 2. The van der Waals surface area contributed by atoms with Crippen LogP contribution in [0.4, 0.5) is 5.69 Å². The van der Waals surface area contributed by atoms with Crippen LogP contribution in [0.1, 0.15) is 6.42 Å². The lowest BCUT2D eigenvalue weighted by molar-refractivity contribution is -0.153. The first-order chi connectivity index (χ1) is 13.8. The van der Waals surface area contributed by atoms with E-state index in [1.807, 2.05) is 0 Å². The molecule has 10 heteroatoms. The Balaban J connectivity index is 2.19. The van der Waals surface area contributed by atoms with Gasteiger partial charge in [0.1, 0.15) is 13.1 Å². The molecule has 1 atom stereocenters. The van der Waals surface area contributed by atoms with Gasteiger partial charge in [-0.1, -0.05) is 0 Å². The minimum Gasteiger partial charge on any atom is -0.493 e. The van der Waals surface area contributed by atoms with E-state index in [-0.39, 0.29) is 18.9 Å². The second-order valence-corrected chi connectivity index (χ2v) is 6.29. The average Bonchev–Trinajstić information content (AvgIpc) is 3.13. The molecule has 0 bridgehead atoms. The Labute approximate surface area is 168 Å². The first-order valence-corrected chi connectivity index (χ1v) is 8.79. The predicted octanol–water partition coefficient (Wildman–Crippen LogP) is 0.231. The number of hydrogen-bond acceptors (Lipinski definition) is 8. The van der Waals surface area contributed by atoms with Crippen molar-refractivity contribution in [2.24, 2.45) is 5.92 Å². The molecule has 0 saturated carbocycles. The van der Waals surface area contributed by atoms with Crippen molar-refractivity contribution >= 4 is 29.4 Å². The standard InChI is InChI=1S/C19H24N2O8/c1-26-14-6-5-13(8-15(14)27-2)21-9-12(7-16(21)22)19(25)20(10-17(23)28-3)11-18(24)29-4/h5-6,8,12H,7,9-11H2,1-4H3. The Bertz CT molecular complexity index is 776. The molecule has 2 amide bonds. The monoisotopic (exact) mass is 408 g/mol. The number of carbonyl (C=O) groups excluding carboxylic acids is 4. The fourth-order valence-corrected chi connectivity index (χ4v) is 3.03. The van der Waals surface area contributed by atoms with Crippen molar-refractivity contribution in [3.63, 3.8) is 0 Å². The van der Waals surface area contributed by atoms with Crippen LogP contribution in [-0.4, -0.2) is 76.7 Å². The summed E-state index contributed by atoms with van der Waals surface area (Å²) in [5.41, 5.74) is 0.551. The molecule has 10 nitrogen and oxygen atoms in total. The van der Waals surface area contributed by atoms with Gasteiger partial charge in [0.05, 0.1) is 34.4 Å². The van der Waals surface area contributed by atoms with Crippen molar-refractivity contribution in [3.05, 3.63) is 18.2 Å². The highest BCUT2D eigenvalue weighted by molar-refractivity contribution is 6.01. The number of benzene rings is 1. The second kappa shape index (κ2) is 9.76. The van der Waals surface area contributed by atoms with Gasteiger partial charge in [-0.2, -0.15) is 0 Å². The van der Waals surface area contributed by atoms with Gasteiger partial charge >= 0.3 is 11.9 Å². The maximum absolute atomic E-state index is 12.9. The molecule has 1 heterocycles. The lowest BCUT2D eigenvalue weighted by Crippen LogP contribution is -2.44. The van der Waals surface area contributed by atoms with Gasteiger partial charge < -0.3 is 28.7 Å². The van der Waals surface area contributed by atoms with E-state index >= 15 is 0 Å². The molecule has 1 fully saturated rings. The normalized spacial score (nSPS) is 15.7. The summed E-state index contributed by atoms with van der Waals surface area (Å²) < 4.78 is 19.6. The van der Waals surface area contributed by atoms with Crippen LogP contribution in [0.3, 0.4) is 0 Å². The van der Waals surface area contributed by atoms with Crippen molar-refractivity contribution in [2.75, 3.05) is 53.0 Å². The van der Waals surface area contributed by atoms with E-state index in [1.54, 1.807) is 18.2 Å². The average molecular weight is 408 g/mol. The van der Waals surface area contributed by atoms with Crippen LogP contribution in [0.5, 0.6) is 11.5 Å². The van der Waals surface area contributed by atoms with Crippen molar-refractivity contribution < 1.29 is 38.1 Å². The minimum atomic E-state index is -0.718. The molecule has 0 radical (unpaired) electrons. The molecule has 0 N–H and O–H groups in total. The Morgan fingerprint density at radius 1 is 1.00 bits per heavy atom. The van der Waals surface area contributed by atoms with Crippen LogP contribution in [-0.2, 0) is 28.7 Å². The highest BCUT2D eigenvalue weighted by Gasteiger charge is 2.38. The van der Waals surface area contributed by atoms with Gasteiger partial charge in [-0.05, 0) is 12.1 Å². The molecule has 1 saturated heterocycles. The lowest BCUT2D eigenvalue weighted by atomic mass is 10.1. The van der Waals surface area contributed by atoms with Crippen molar-refractivity contribution in [3.8, 4) is 11.5 Å². The van der Waals surface area contributed by atoms with Gasteiger partial charge in [0, 0.05) is 24.7 Å². The number of rotatable bonds is 8. The van der Waals surface area contributed by atoms with E-state index in [4.69, 9.17) is 9.47 Å². The molecule has 158 valence electrons. The minimum absolute atomic E-state index is 0.0496. The van der Waals surface area contributed by atoms with E-state index in [9.17, 15) is 19.2 Å². The summed E-state index contributed by atoms with van der Waals surface area (Å²) in [4.78, 5) is 51.1. The molecular formula is C19H24N2O8. The molecule has 2 rings (SSSR count). The summed E-state index contributed by atoms with van der Waals surface area (Å²) in [7, 11) is 5.35. The van der Waals surface area contributed by atoms with Crippen LogP contribution in [0.2, 0.25) is 0 Å². The van der Waals surface area contributed by atoms with E-state index in [1.165, 1.54) is 33.3 Å². The summed E-state index contributed by atoms with van der Waals surface area (Å²) in [6.07, 6.45) is -0.0496. The maximum atomic E-state index is 12.9. The lowest BCUT2D eigenvalue weighted by Gasteiger charge is -2.23. The first-order valence-electron chi connectivity index (χ1n) is 8.79. The van der Waals surface area contributed by atoms with E-state index < -0.39 is 36.9 Å². The van der Waals surface area contributed by atoms with Gasteiger partial charge in [-0.25, -0.2) is 0 Å². The smallest absolute Gasteiger partial charge is 0.325 e. The molecule has 0 aliphatic carbocycles. The molecule has 1 aromatic rings. The molecule has 1 aliphatic rings. The van der Waals surface area contributed by atoms with Crippen LogP contribution < -0.4 is 14.4 Å². The first kappa shape index (κ1) is 22.0. The summed E-state index contributed by atoms with van der Waals surface area (Å²) in [6, 6.07) is 4.99. The zero-order chi connectivity index (χ0) is 21.6. The fraction of sp³-hybridized carbons (Fsp3) is 0.474. The summed E-state index contributed by atoms with van der Waals surface area (Å²) in [6.45, 7) is -0.719. The largest absolute Gasteiger partial charge is 0.493 e. The second-order valence-electron chi connectivity index (χ2n) is 6.29. The quantitative estimate of drug-likeness (QED) is 0.562. The van der Waals surface area contributed by atoms with E-state index in [0.29, 0.717) is 17.2 Å². The van der Waals surface area contributed by atoms with Crippen LogP contribution in [0.25, 0.3) is 0 Å². The highest BCUT2D eigenvalue weighted by atomic mass is 16.5. The van der Waals surface area contributed by atoms with Gasteiger partial charge in [0.2, 0.25) is 11.8 Å². The molecule has 1 aliphatic heterocycles. The van der Waals surface area contributed by atoms with Gasteiger partial charge in [-0.3, -0.25) is 19.2 Å². The third-order valence-corrected chi connectivity index (χ3v) is 4.56. The number of methoxy groups -OCH3 is 4. The molecule has 0 spiro atoms. The van der Waals surface area contributed by atoms with Crippen LogP contribution in [0, 0.1) is 5.92 Å². The van der Waals surface area contributed by atoms with E-state index in [0.717, 1.165) is 4.90 Å². The molecule has 0 aromatic heterocycles. The maximum Gasteiger partial charge on any atom is 0.325 e. The Morgan fingerprint density at radius 2 is 1.59 bits per heavy atom. The van der Waals surface area contributed by atoms with Gasteiger partial charge in [0.15, 0.2) is 11.5 Å². The topological polar surface area (TPSA) is 112 Å². The summed E-state index contributed by atoms with van der Waals surface area (Å²) in [5.74, 6) is -1.87. The van der Waals surface area contributed by atoms with E-state index in [2.05, 4.69) is 9.47 Å². The number of nitrogens with zero attached hydrogens (tertiary/aromatic N) is 2. The van der Waals surface area contributed by atoms with Crippen molar-refractivity contribution in [2.45, 2.75) is 6.42 Å². The Hall–Kier alpha value is -3.30. The third kappa shape index (κ3) is 5.15. The number of amides is 2. The Morgan fingerprint density at radius 3 is 2.10 bits per heavy atom. The number of carbonyl (C=O) groups is 4. The van der Waals surface area contributed by atoms with Crippen molar-refractivity contribution in [1.29, 1.82) is 0 Å². The molecular weight excluding hydrogens is 384 g/mol. The van der Waals surface area contributed by atoms with Gasteiger partial charge in [-0.15, -0.1) is 0 Å². The number of hydrogen-bond donors (Lipinski definition) is 0. The molecule has 1 unspecified atom stereocenters. The molecule has 29 heavy (non-hydrogen) atoms. The van der Waals surface area contributed by atoms with Crippen molar-refractivity contribution in [1.82, 2.24) is 4.90 Å². The SMILES string of the molecule is COC(=O)CN(CC(=O)OC)C(=O)C1CC(=O)N(c2ccc(OC)c(OC)c2)C1. The van der Waals surface area contributed by atoms with Crippen LogP contribution in [0.15, 0.2) is 18.2 Å². The predicted molar refractivity (Wildman–Crippen MR) is 101 cm³/mol. The summed E-state index contributed by atoms with van der Waals surface area (Å²) >= 11 is 0. The number of anilines is 1. The molecule has 1 aromatic carbocycles. The zero-order valence-corrected chi connectivity index (χ0v) is 16.8. The Kier molecular flexibility index (Phi) is 7.40. The number of ether oxygens (including phenoxy) is 4. The summed E-state index contributed by atoms with van der Waals surface area (Å²) in [5, 5.41) is 0. The van der Waals surface area contributed by atoms with Gasteiger partial charge in [0.25, 0.3) is 0 Å². The zero-order valence-electron chi connectivity index (χ0n) is 16.8.